The third kappa shape index (κ3) is 4.90. The minimum absolute atomic E-state index is 0.0280. The number of ether oxygens (including phenoxy) is 1. The number of halogens is 2. The number of thioether (sulfide) groups is 1. The lowest BCUT2D eigenvalue weighted by Gasteiger charge is -2.17. The van der Waals surface area contributed by atoms with E-state index in [1.54, 1.807) is 0 Å². The van der Waals surface area contributed by atoms with E-state index in [1.807, 2.05) is 0 Å². The van der Waals surface area contributed by atoms with Crippen molar-refractivity contribution in [3.05, 3.63) is 35.4 Å². The number of anilines is 1. The number of rotatable bonds is 10. The number of aliphatic hydroxyl groups excluding tert-OH is 3. The van der Waals surface area contributed by atoms with Gasteiger partial charge in [-0.25, -0.2) is 23.4 Å². The highest BCUT2D eigenvalue weighted by atomic mass is 32.2. The molecule has 6 atom stereocenters. The van der Waals surface area contributed by atoms with Crippen molar-refractivity contribution in [1.82, 2.24) is 25.0 Å². The molecule has 3 aromatic rings. The van der Waals surface area contributed by atoms with E-state index >= 15 is 0 Å². The molecule has 0 radical (unpaired) electrons. The maximum atomic E-state index is 13.8. The van der Waals surface area contributed by atoms with Crippen LogP contribution in [0.25, 0.3) is 11.2 Å². The molecular formula is C23H28F2N6O4S. The second-order valence-electron chi connectivity index (χ2n) is 8.57. The molecule has 0 saturated heterocycles. The smallest absolute Gasteiger partial charge is 0.191 e. The number of fused-ring (bicyclic) bond motifs is 1. The maximum absolute atomic E-state index is 13.8. The van der Waals surface area contributed by atoms with Crippen LogP contribution < -0.4 is 5.32 Å². The average molecular weight is 530 g/mol. The quantitative estimate of drug-likeness (QED) is 0.228. The van der Waals surface area contributed by atoms with Gasteiger partial charge in [-0.2, -0.15) is 0 Å². The number of aromatic nitrogens is 5. The molecule has 0 spiro atoms. The van der Waals surface area contributed by atoms with Crippen LogP contribution in [-0.4, -0.2) is 83.6 Å². The molecule has 4 N–H and O–H groups in total. The molecule has 2 fully saturated rings. The van der Waals surface area contributed by atoms with E-state index in [2.05, 4.69) is 25.6 Å². The highest BCUT2D eigenvalue weighted by Crippen LogP contribution is 2.44. The van der Waals surface area contributed by atoms with Gasteiger partial charge >= 0.3 is 0 Å². The summed E-state index contributed by atoms with van der Waals surface area (Å²) < 4.78 is 88.8. The Labute approximate surface area is 219 Å². The predicted octanol–water partition coefficient (Wildman–Crippen LogP) is 2.01. The molecule has 194 valence electrons. The van der Waals surface area contributed by atoms with E-state index in [0.29, 0.717) is 12.0 Å². The third-order valence-electron chi connectivity index (χ3n) is 6.32. The molecule has 0 amide bonds. The molecule has 1 aromatic carbocycles. The van der Waals surface area contributed by atoms with Crippen LogP contribution in [0.2, 0.25) is 0 Å². The highest BCUT2D eigenvalue weighted by molar-refractivity contribution is 7.99. The van der Waals surface area contributed by atoms with Gasteiger partial charge < -0.3 is 25.4 Å². The SMILES string of the molecule is [2H]C([2H])([2H])C([2H])([2H])C([2H])([2H])Sc1nc(N[C@@H]2C[C@H]2c2ccc(F)c(F)c2)c2nnn([C@H]3C[C@@H](OCCO)[C@H](O)[C@@H]3O)c2n1. The fourth-order valence-corrected chi connectivity index (χ4v) is 4.88. The van der Waals surface area contributed by atoms with Crippen molar-refractivity contribution in [1.29, 1.82) is 0 Å². The molecule has 13 heteroatoms. The summed E-state index contributed by atoms with van der Waals surface area (Å²) in [5, 5.41) is 41.3. The Balaban J connectivity index is 1.51. The Morgan fingerprint density at radius 1 is 1.25 bits per heavy atom. The van der Waals surface area contributed by atoms with Gasteiger partial charge in [0.25, 0.3) is 0 Å². The van der Waals surface area contributed by atoms with Crippen molar-refractivity contribution in [2.24, 2.45) is 0 Å². The van der Waals surface area contributed by atoms with E-state index in [0.717, 1.165) is 12.1 Å². The molecule has 0 aliphatic heterocycles. The summed E-state index contributed by atoms with van der Waals surface area (Å²) >= 11 is 0.136. The molecule has 2 heterocycles. The maximum Gasteiger partial charge on any atom is 0.191 e. The predicted molar refractivity (Wildman–Crippen MR) is 128 cm³/mol. The van der Waals surface area contributed by atoms with Crippen molar-refractivity contribution in [3.8, 4) is 0 Å². The fourth-order valence-electron chi connectivity index (χ4n) is 4.47. The van der Waals surface area contributed by atoms with Gasteiger partial charge in [-0.15, -0.1) is 5.10 Å². The van der Waals surface area contributed by atoms with Crippen LogP contribution in [0, 0.1) is 11.6 Å². The van der Waals surface area contributed by atoms with Gasteiger partial charge in [0, 0.05) is 33.7 Å². The first kappa shape index (κ1) is 17.9. The number of hydrogen-bond donors (Lipinski definition) is 4. The molecule has 2 saturated carbocycles. The summed E-state index contributed by atoms with van der Waals surface area (Å²) in [5.41, 5.74) is -2.48. The minimum atomic E-state index is -3.32. The van der Waals surface area contributed by atoms with E-state index in [1.165, 1.54) is 10.7 Å². The zero-order valence-electron chi connectivity index (χ0n) is 25.7. The van der Waals surface area contributed by atoms with Crippen LogP contribution >= 0.6 is 11.8 Å². The number of benzene rings is 1. The molecule has 2 aromatic heterocycles. The normalized spacial score (nSPS) is 31.6. The average Bonchev–Trinajstić information content (AvgIpc) is 3.47. The lowest BCUT2D eigenvalue weighted by Crippen LogP contribution is -2.33. The fraction of sp³-hybridized carbons (Fsp3) is 0.565. The minimum Gasteiger partial charge on any atom is -0.394 e. The van der Waals surface area contributed by atoms with Gasteiger partial charge in [0.05, 0.1) is 25.4 Å². The van der Waals surface area contributed by atoms with Crippen molar-refractivity contribution >= 4 is 28.7 Å². The van der Waals surface area contributed by atoms with Gasteiger partial charge in [-0.1, -0.05) is 29.9 Å². The molecule has 2 aliphatic rings. The number of nitrogens with one attached hydrogen (secondary N) is 1. The molecule has 0 unspecified atom stereocenters. The second-order valence-corrected chi connectivity index (χ2v) is 9.35. The number of nitrogens with zero attached hydrogens (tertiary/aromatic N) is 5. The Morgan fingerprint density at radius 3 is 2.89 bits per heavy atom. The summed E-state index contributed by atoms with van der Waals surface area (Å²) in [5.74, 6) is -2.20. The number of aliphatic hydroxyl groups is 3. The largest absolute Gasteiger partial charge is 0.394 e. The first-order chi connectivity index (χ1) is 20.1. The molecule has 5 rings (SSSR count). The summed E-state index contributed by atoms with van der Waals surface area (Å²) in [4.78, 5) is 8.58. The summed E-state index contributed by atoms with van der Waals surface area (Å²) in [6, 6.07) is 2.29. The zero-order chi connectivity index (χ0) is 31.5. The van der Waals surface area contributed by atoms with E-state index in [9.17, 15) is 19.0 Å². The van der Waals surface area contributed by atoms with Crippen molar-refractivity contribution < 1.29 is 38.4 Å². The Morgan fingerprint density at radius 2 is 2.11 bits per heavy atom. The zero-order valence-corrected chi connectivity index (χ0v) is 19.5. The standard InChI is InChI=1S/C23H28F2N6O4S/c1-2-7-36-23-27-21(26-15-9-12(15)11-3-4-13(24)14(25)8-11)18-22(28-23)31(30-29-18)16-10-17(35-6-5-32)20(34)19(16)33/h3-4,8,12,15-17,19-20,32-34H,2,5-7,9-10H2,1H3,(H,26,27,28)/t12-,15+,16-,17+,19+,20-/m0/s1/i1D3,2D2,7D2. The molecule has 36 heavy (non-hydrogen) atoms. The Hall–Kier alpha value is -2.45. The lowest BCUT2D eigenvalue weighted by molar-refractivity contribution is -0.0629. The van der Waals surface area contributed by atoms with Gasteiger partial charge in [0.15, 0.2) is 33.8 Å². The summed E-state index contributed by atoms with van der Waals surface area (Å²) in [6.45, 7) is -3.72. The first-order valence-electron chi connectivity index (χ1n) is 14.7. The Kier molecular flexibility index (Phi) is 5.22. The van der Waals surface area contributed by atoms with Crippen molar-refractivity contribution in [3.63, 3.8) is 0 Å². The monoisotopic (exact) mass is 529 g/mol. The van der Waals surface area contributed by atoms with Crippen LogP contribution in [-0.2, 0) is 4.74 Å². The molecule has 2 aliphatic carbocycles. The Bertz CT molecular complexity index is 1500. The van der Waals surface area contributed by atoms with Gasteiger partial charge in [0.1, 0.15) is 12.2 Å². The van der Waals surface area contributed by atoms with Crippen molar-refractivity contribution in [2.45, 2.75) is 67.5 Å². The van der Waals surface area contributed by atoms with E-state index in [4.69, 9.17) is 19.4 Å². The molecule has 10 nitrogen and oxygen atoms in total. The van der Waals surface area contributed by atoms with Crippen LogP contribution in [0.5, 0.6) is 0 Å². The lowest BCUT2D eigenvalue weighted by atomic mass is 10.1. The first-order valence-corrected chi connectivity index (χ1v) is 12.0. The molecular weight excluding hydrogens is 494 g/mol. The number of hydrogen-bond acceptors (Lipinski definition) is 10. The summed E-state index contributed by atoms with van der Waals surface area (Å²) in [7, 11) is 0. The summed E-state index contributed by atoms with van der Waals surface area (Å²) in [6.07, 6.45) is -6.37. The van der Waals surface area contributed by atoms with E-state index < -0.39 is 54.9 Å². The molecule has 0 bridgehead atoms. The van der Waals surface area contributed by atoms with Crippen molar-refractivity contribution in [2.75, 3.05) is 24.2 Å². The third-order valence-corrected chi connectivity index (χ3v) is 6.89. The second kappa shape index (κ2) is 10.5. The van der Waals surface area contributed by atoms with Gasteiger partial charge in [-0.3, -0.25) is 0 Å². The highest BCUT2D eigenvalue weighted by Gasteiger charge is 2.45. The van der Waals surface area contributed by atoms with Crippen LogP contribution in [0.3, 0.4) is 0 Å². The van der Waals surface area contributed by atoms with Crippen LogP contribution in [0.4, 0.5) is 14.6 Å². The van der Waals surface area contributed by atoms with Gasteiger partial charge in [0.2, 0.25) is 0 Å². The van der Waals surface area contributed by atoms with Crippen LogP contribution in [0.15, 0.2) is 23.4 Å². The van der Waals surface area contributed by atoms with E-state index in [-0.39, 0.29) is 65.5 Å². The van der Waals surface area contributed by atoms with Crippen LogP contribution in [0.1, 0.15) is 53.2 Å². The van der Waals surface area contributed by atoms with Gasteiger partial charge in [-0.05, 0) is 30.5 Å². The topological polar surface area (TPSA) is 138 Å².